The fraction of sp³-hybridized carbons (Fsp3) is 0.333. The number of rotatable bonds is 4. The summed E-state index contributed by atoms with van der Waals surface area (Å²) in [4.78, 5) is 2.38. The smallest absolute Gasteiger partial charge is 0.0643 e. The van der Waals surface area contributed by atoms with E-state index >= 15 is 0 Å². The van der Waals surface area contributed by atoms with Gasteiger partial charge < -0.3 is 10.2 Å². The van der Waals surface area contributed by atoms with Crippen LogP contribution in [0.3, 0.4) is 0 Å². The Morgan fingerprint density at radius 2 is 1.71 bits per heavy atom. The van der Waals surface area contributed by atoms with Crippen LogP contribution in [0.1, 0.15) is 30.5 Å². The van der Waals surface area contributed by atoms with Crippen LogP contribution in [-0.2, 0) is 19.6 Å². The second-order valence-electron chi connectivity index (χ2n) is 5.91. The molecule has 0 radical (unpaired) electrons. The van der Waals surface area contributed by atoms with Gasteiger partial charge in [-0.1, -0.05) is 61.8 Å². The molecule has 0 saturated heterocycles. The molecule has 0 atom stereocenters. The van der Waals surface area contributed by atoms with Crippen LogP contribution in [0.5, 0.6) is 0 Å². The number of anilines is 1. The zero-order chi connectivity index (χ0) is 14.8. The van der Waals surface area contributed by atoms with E-state index in [9.17, 15) is 0 Å². The summed E-state index contributed by atoms with van der Waals surface area (Å²) in [5.74, 6) is 0. The molecule has 0 spiro atoms. The van der Waals surface area contributed by atoms with Crippen molar-refractivity contribution in [3.05, 3.63) is 64.2 Å². The average Bonchev–Trinajstić information content (AvgIpc) is 2.88. The first-order valence-corrected chi connectivity index (χ1v) is 7.85. The van der Waals surface area contributed by atoms with Crippen LogP contribution in [0.4, 0.5) is 5.69 Å². The fourth-order valence-corrected chi connectivity index (χ4v) is 3.18. The first kappa shape index (κ1) is 14.4. The lowest BCUT2D eigenvalue weighted by molar-refractivity contribution is 0.588. The monoisotopic (exact) mass is 300 g/mol. The van der Waals surface area contributed by atoms with Crippen molar-refractivity contribution in [2.75, 3.05) is 4.90 Å². The summed E-state index contributed by atoms with van der Waals surface area (Å²) in [5.41, 5.74) is 5.24. The maximum Gasteiger partial charge on any atom is 0.0643 e. The summed E-state index contributed by atoms with van der Waals surface area (Å²) in [7, 11) is 0. The number of hydrogen-bond acceptors (Lipinski definition) is 2. The Kier molecular flexibility index (Phi) is 4.18. The van der Waals surface area contributed by atoms with Crippen molar-refractivity contribution in [1.29, 1.82) is 0 Å². The predicted octanol–water partition coefficient (Wildman–Crippen LogP) is 4.36. The topological polar surface area (TPSA) is 15.3 Å². The van der Waals surface area contributed by atoms with E-state index in [1.54, 1.807) is 0 Å². The number of fused-ring (bicyclic) bond motifs is 1. The van der Waals surface area contributed by atoms with Gasteiger partial charge in [0.05, 0.1) is 10.7 Å². The zero-order valence-electron chi connectivity index (χ0n) is 12.6. The normalized spacial score (nSPS) is 13.8. The summed E-state index contributed by atoms with van der Waals surface area (Å²) in [6, 6.07) is 15.3. The quantitative estimate of drug-likeness (QED) is 0.902. The maximum atomic E-state index is 6.50. The highest BCUT2D eigenvalue weighted by atomic mass is 35.5. The molecular formula is C18H21ClN2. The van der Waals surface area contributed by atoms with Gasteiger partial charge in [-0.15, -0.1) is 0 Å². The van der Waals surface area contributed by atoms with E-state index in [2.05, 4.69) is 54.4 Å². The molecule has 0 amide bonds. The summed E-state index contributed by atoms with van der Waals surface area (Å²) in [5, 5.41) is 4.33. The van der Waals surface area contributed by atoms with Gasteiger partial charge in [0.25, 0.3) is 0 Å². The lowest BCUT2D eigenvalue weighted by atomic mass is 10.1. The van der Waals surface area contributed by atoms with Gasteiger partial charge in [0.1, 0.15) is 0 Å². The molecule has 0 saturated carbocycles. The molecule has 0 unspecified atom stereocenters. The number of nitrogens with one attached hydrogen (secondary N) is 1. The Labute approximate surface area is 131 Å². The molecule has 2 aromatic carbocycles. The zero-order valence-corrected chi connectivity index (χ0v) is 13.3. The minimum Gasteiger partial charge on any atom is -0.361 e. The second kappa shape index (κ2) is 6.08. The molecule has 2 aromatic rings. The summed E-state index contributed by atoms with van der Waals surface area (Å²) in [6.07, 6.45) is 0. The van der Waals surface area contributed by atoms with Crippen molar-refractivity contribution >= 4 is 17.3 Å². The highest BCUT2D eigenvalue weighted by molar-refractivity contribution is 6.33. The van der Waals surface area contributed by atoms with Gasteiger partial charge >= 0.3 is 0 Å². The van der Waals surface area contributed by atoms with Gasteiger partial charge in [-0.05, 0) is 22.8 Å². The SMILES string of the molecule is CC(C)NCc1cccc(Cl)c1N1Cc2ccccc2C1. The van der Waals surface area contributed by atoms with Crippen molar-refractivity contribution in [2.24, 2.45) is 0 Å². The molecule has 0 aliphatic carbocycles. The van der Waals surface area contributed by atoms with Gasteiger partial charge in [-0.2, -0.15) is 0 Å². The number of para-hydroxylation sites is 1. The van der Waals surface area contributed by atoms with Crippen LogP contribution < -0.4 is 10.2 Å². The summed E-state index contributed by atoms with van der Waals surface area (Å²) >= 11 is 6.50. The first-order valence-electron chi connectivity index (χ1n) is 7.47. The largest absolute Gasteiger partial charge is 0.361 e. The molecule has 1 heterocycles. The van der Waals surface area contributed by atoms with Crippen molar-refractivity contribution in [3.8, 4) is 0 Å². The molecule has 21 heavy (non-hydrogen) atoms. The van der Waals surface area contributed by atoms with Crippen LogP contribution in [0.15, 0.2) is 42.5 Å². The van der Waals surface area contributed by atoms with Crippen molar-refractivity contribution in [1.82, 2.24) is 5.32 Å². The van der Waals surface area contributed by atoms with Crippen molar-refractivity contribution in [2.45, 2.75) is 39.5 Å². The van der Waals surface area contributed by atoms with Crippen molar-refractivity contribution < 1.29 is 0 Å². The van der Waals surface area contributed by atoms with Crippen molar-refractivity contribution in [3.63, 3.8) is 0 Å². The molecule has 2 nitrogen and oxygen atoms in total. The highest BCUT2D eigenvalue weighted by Crippen LogP contribution is 2.35. The van der Waals surface area contributed by atoms with Gasteiger partial charge in [0.2, 0.25) is 0 Å². The standard InChI is InChI=1S/C18H21ClN2/c1-13(2)20-10-14-8-5-9-17(19)18(14)21-11-15-6-3-4-7-16(15)12-21/h3-9,13,20H,10-12H2,1-2H3. The van der Waals surface area contributed by atoms with E-state index in [-0.39, 0.29) is 0 Å². The minimum absolute atomic E-state index is 0.465. The molecule has 0 bridgehead atoms. The van der Waals surface area contributed by atoms with Crippen LogP contribution in [0.25, 0.3) is 0 Å². The Hall–Kier alpha value is -1.51. The predicted molar refractivity (Wildman–Crippen MR) is 89.8 cm³/mol. The fourth-order valence-electron chi connectivity index (χ4n) is 2.86. The van der Waals surface area contributed by atoms with E-state index < -0.39 is 0 Å². The van der Waals surface area contributed by atoms with Gasteiger partial charge in [0.15, 0.2) is 0 Å². The third kappa shape index (κ3) is 3.07. The number of halogens is 1. The molecule has 3 rings (SSSR count). The number of hydrogen-bond donors (Lipinski definition) is 1. The third-order valence-corrected chi connectivity index (χ3v) is 4.23. The average molecular weight is 301 g/mol. The van der Waals surface area contributed by atoms with Crippen LogP contribution in [0.2, 0.25) is 5.02 Å². The number of nitrogens with zero attached hydrogens (tertiary/aromatic N) is 1. The molecule has 3 heteroatoms. The molecule has 0 fully saturated rings. The van der Waals surface area contributed by atoms with E-state index in [1.807, 2.05) is 12.1 Å². The second-order valence-corrected chi connectivity index (χ2v) is 6.32. The first-order chi connectivity index (χ1) is 10.1. The molecule has 0 aromatic heterocycles. The minimum atomic E-state index is 0.465. The third-order valence-electron chi connectivity index (χ3n) is 3.93. The summed E-state index contributed by atoms with van der Waals surface area (Å²) in [6.45, 7) is 7.05. The molecule has 110 valence electrons. The Balaban J connectivity index is 1.89. The van der Waals surface area contributed by atoms with E-state index in [4.69, 9.17) is 11.6 Å². The molecule has 1 aliphatic heterocycles. The van der Waals surface area contributed by atoms with E-state index in [1.165, 1.54) is 22.4 Å². The molecular weight excluding hydrogens is 280 g/mol. The van der Waals surface area contributed by atoms with Gasteiger partial charge in [-0.3, -0.25) is 0 Å². The van der Waals surface area contributed by atoms with Gasteiger partial charge in [0, 0.05) is 25.7 Å². The Bertz CT molecular complexity index is 612. The molecule has 1 N–H and O–H groups in total. The Morgan fingerprint density at radius 3 is 2.33 bits per heavy atom. The molecule has 1 aliphatic rings. The summed E-state index contributed by atoms with van der Waals surface area (Å²) < 4.78 is 0. The lowest BCUT2D eigenvalue weighted by Gasteiger charge is -2.23. The van der Waals surface area contributed by atoms with Crippen LogP contribution >= 0.6 is 11.6 Å². The van der Waals surface area contributed by atoms with Crippen LogP contribution in [-0.4, -0.2) is 6.04 Å². The van der Waals surface area contributed by atoms with Crippen LogP contribution in [0, 0.1) is 0 Å². The maximum absolute atomic E-state index is 6.50. The number of benzene rings is 2. The Morgan fingerprint density at radius 1 is 1.05 bits per heavy atom. The van der Waals surface area contributed by atoms with E-state index in [0.717, 1.165) is 24.7 Å². The lowest BCUT2D eigenvalue weighted by Crippen LogP contribution is -2.24. The highest BCUT2D eigenvalue weighted by Gasteiger charge is 2.22. The van der Waals surface area contributed by atoms with Gasteiger partial charge in [-0.25, -0.2) is 0 Å². The van der Waals surface area contributed by atoms with E-state index in [0.29, 0.717) is 6.04 Å².